The molecule has 0 bridgehead atoms. The standard InChI is InChI=1S/C25H31NO3/c1-24(2)12-7-13-25(28,15-14-24)17-26-23(27)29-16-22-20-10-5-3-8-18(20)19-9-4-6-11-21(19)22/h3-6,8-11,22,28H,7,12-17H2,1-2H3,(H,26,27). The number of benzene rings is 2. The Kier molecular flexibility index (Phi) is 5.39. The molecular formula is C25H31NO3. The molecule has 2 aromatic rings. The van der Waals surface area contributed by atoms with E-state index in [0.29, 0.717) is 13.0 Å². The zero-order valence-corrected chi connectivity index (χ0v) is 17.4. The first kappa shape index (κ1) is 20.0. The van der Waals surface area contributed by atoms with Crippen LogP contribution in [-0.2, 0) is 4.74 Å². The highest BCUT2D eigenvalue weighted by molar-refractivity contribution is 5.79. The molecule has 1 fully saturated rings. The monoisotopic (exact) mass is 393 g/mol. The first-order valence-electron chi connectivity index (χ1n) is 10.7. The normalized spacial score (nSPS) is 23.0. The van der Waals surface area contributed by atoms with Crippen LogP contribution in [-0.4, -0.2) is 30.0 Å². The van der Waals surface area contributed by atoms with Gasteiger partial charge in [0.2, 0.25) is 0 Å². The predicted molar refractivity (Wildman–Crippen MR) is 115 cm³/mol. The van der Waals surface area contributed by atoms with Gasteiger partial charge in [-0.05, 0) is 59.8 Å². The van der Waals surface area contributed by atoms with Gasteiger partial charge in [-0.25, -0.2) is 4.79 Å². The average Bonchev–Trinajstić information content (AvgIpc) is 2.95. The summed E-state index contributed by atoms with van der Waals surface area (Å²) in [4.78, 5) is 12.4. The maximum Gasteiger partial charge on any atom is 0.407 e. The maximum atomic E-state index is 12.4. The Morgan fingerprint density at radius 1 is 1.00 bits per heavy atom. The van der Waals surface area contributed by atoms with Crippen molar-refractivity contribution in [3.63, 3.8) is 0 Å². The van der Waals surface area contributed by atoms with Crippen molar-refractivity contribution in [2.24, 2.45) is 5.41 Å². The lowest BCUT2D eigenvalue weighted by Gasteiger charge is -2.28. The zero-order valence-electron chi connectivity index (χ0n) is 17.4. The van der Waals surface area contributed by atoms with Crippen LogP contribution >= 0.6 is 0 Å². The molecule has 0 spiro atoms. The number of fused-ring (bicyclic) bond motifs is 3. The third-order valence-electron chi connectivity index (χ3n) is 6.67. The number of rotatable bonds is 4. The van der Waals surface area contributed by atoms with Crippen molar-refractivity contribution >= 4 is 6.09 Å². The summed E-state index contributed by atoms with van der Waals surface area (Å²) >= 11 is 0. The Bertz CT molecular complexity index is 846. The van der Waals surface area contributed by atoms with Crippen molar-refractivity contribution in [2.45, 2.75) is 57.5 Å². The molecule has 4 nitrogen and oxygen atoms in total. The van der Waals surface area contributed by atoms with E-state index in [9.17, 15) is 9.90 Å². The van der Waals surface area contributed by atoms with Gasteiger partial charge < -0.3 is 15.2 Å². The van der Waals surface area contributed by atoms with Crippen LogP contribution in [0.4, 0.5) is 4.79 Å². The predicted octanol–water partition coefficient (Wildman–Crippen LogP) is 5.25. The number of hydrogen-bond acceptors (Lipinski definition) is 3. The lowest BCUT2D eigenvalue weighted by atomic mass is 9.84. The van der Waals surface area contributed by atoms with Crippen LogP contribution in [0.2, 0.25) is 0 Å². The third kappa shape index (κ3) is 4.32. The number of alkyl carbamates (subject to hydrolysis) is 1. The van der Waals surface area contributed by atoms with Crippen LogP contribution in [0.15, 0.2) is 48.5 Å². The minimum atomic E-state index is -0.834. The number of carbonyl (C=O) groups is 1. The van der Waals surface area contributed by atoms with E-state index in [2.05, 4.69) is 43.4 Å². The van der Waals surface area contributed by atoms with E-state index >= 15 is 0 Å². The number of ether oxygens (including phenoxy) is 1. The summed E-state index contributed by atoms with van der Waals surface area (Å²) < 4.78 is 5.59. The largest absolute Gasteiger partial charge is 0.449 e. The first-order valence-corrected chi connectivity index (χ1v) is 10.7. The van der Waals surface area contributed by atoms with Crippen LogP contribution in [0.5, 0.6) is 0 Å². The van der Waals surface area contributed by atoms with E-state index in [4.69, 9.17) is 4.74 Å². The molecule has 0 heterocycles. The highest BCUT2D eigenvalue weighted by Gasteiger charge is 2.34. The summed E-state index contributed by atoms with van der Waals surface area (Å²) in [5.41, 5.74) is 4.25. The summed E-state index contributed by atoms with van der Waals surface area (Å²) in [6.45, 7) is 5.04. The number of carbonyl (C=O) groups excluding carboxylic acids is 1. The summed E-state index contributed by atoms with van der Waals surface area (Å²) in [5, 5.41) is 13.7. The Labute approximate surface area is 173 Å². The van der Waals surface area contributed by atoms with E-state index in [-0.39, 0.29) is 17.9 Å². The molecular weight excluding hydrogens is 362 g/mol. The topological polar surface area (TPSA) is 58.6 Å². The molecule has 0 saturated heterocycles. The Morgan fingerprint density at radius 3 is 2.28 bits per heavy atom. The maximum absolute atomic E-state index is 12.4. The van der Waals surface area contributed by atoms with E-state index in [1.807, 2.05) is 24.3 Å². The van der Waals surface area contributed by atoms with Crippen LogP contribution in [0.25, 0.3) is 11.1 Å². The molecule has 29 heavy (non-hydrogen) atoms. The smallest absolute Gasteiger partial charge is 0.407 e. The highest BCUT2D eigenvalue weighted by Crippen LogP contribution is 2.44. The first-order chi connectivity index (χ1) is 13.9. The lowest BCUT2D eigenvalue weighted by molar-refractivity contribution is 0.0215. The van der Waals surface area contributed by atoms with Gasteiger partial charge in [0.05, 0.1) is 5.60 Å². The van der Waals surface area contributed by atoms with Crippen molar-refractivity contribution < 1.29 is 14.6 Å². The number of amides is 1. The second-order valence-corrected chi connectivity index (χ2v) is 9.42. The Balaban J connectivity index is 1.36. The highest BCUT2D eigenvalue weighted by atomic mass is 16.5. The molecule has 1 unspecified atom stereocenters. The fourth-order valence-corrected chi connectivity index (χ4v) is 4.78. The molecule has 0 aliphatic heterocycles. The second-order valence-electron chi connectivity index (χ2n) is 9.42. The summed E-state index contributed by atoms with van der Waals surface area (Å²) in [5.74, 6) is 0.0508. The zero-order chi connectivity index (χ0) is 20.5. The summed E-state index contributed by atoms with van der Waals surface area (Å²) in [6.07, 6.45) is 4.04. The van der Waals surface area contributed by atoms with Crippen molar-refractivity contribution in [3.8, 4) is 11.1 Å². The van der Waals surface area contributed by atoms with E-state index in [1.54, 1.807) is 0 Å². The van der Waals surface area contributed by atoms with Gasteiger partial charge in [-0.1, -0.05) is 62.4 Å². The number of aliphatic hydroxyl groups is 1. The van der Waals surface area contributed by atoms with Gasteiger partial charge in [0.25, 0.3) is 0 Å². The SMILES string of the molecule is CC1(C)CCCC(O)(CNC(=O)OCC2c3ccccc3-c3ccccc32)CC1. The molecule has 154 valence electrons. The van der Waals surface area contributed by atoms with Crippen molar-refractivity contribution in [3.05, 3.63) is 59.7 Å². The summed E-state index contributed by atoms with van der Waals surface area (Å²) in [7, 11) is 0. The van der Waals surface area contributed by atoms with Gasteiger partial charge >= 0.3 is 6.09 Å². The van der Waals surface area contributed by atoms with E-state index in [0.717, 1.165) is 25.7 Å². The molecule has 0 aromatic heterocycles. The van der Waals surface area contributed by atoms with Crippen LogP contribution < -0.4 is 5.32 Å². The van der Waals surface area contributed by atoms with E-state index in [1.165, 1.54) is 22.3 Å². The third-order valence-corrected chi connectivity index (χ3v) is 6.67. The minimum absolute atomic E-state index is 0.0508. The van der Waals surface area contributed by atoms with Crippen molar-refractivity contribution in [1.82, 2.24) is 5.32 Å². The quantitative estimate of drug-likeness (QED) is 0.698. The van der Waals surface area contributed by atoms with Crippen molar-refractivity contribution in [2.75, 3.05) is 13.2 Å². The molecule has 1 amide bonds. The second kappa shape index (κ2) is 7.83. The number of hydrogen-bond donors (Lipinski definition) is 2. The molecule has 4 rings (SSSR count). The fourth-order valence-electron chi connectivity index (χ4n) is 4.78. The molecule has 2 aromatic carbocycles. The number of nitrogens with one attached hydrogen (secondary N) is 1. The van der Waals surface area contributed by atoms with E-state index < -0.39 is 11.7 Å². The van der Waals surface area contributed by atoms with Gasteiger partial charge in [0.15, 0.2) is 0 Å². The van der Waals surface area contributed by atoms with Gasteiger partial charge in [0.1, 0.15) is 6.61 Å². The molecule has 1 atom stereocenters. The Morgan fingerprint density at radius 2 is 1.62 bits per heavy atom. The fraction of sp³-hybridized carbons (Fsp3) is 0.480. The summed E-state index contributed by atoms with van der Waals surface area (Å²) in [6, 6.07) is 16.6. The van der Waals surface area contributed by atoms with Crippen LogP contribution in [0.3, 0.4) is 0 Å². The molecule has 4 heteroatoms. The molecule has 0 radical (unpaired) electrons. The van der Waals surface area contributed by atoms with Crippen molar-refractivity contribution in [1.29, 1.82) is 0 Å². The Hall–Kier alpha value is -2.33. The van der Waals surface area contributed by atoms with Gasteiger partial charge in [-0.15, -0.1) is 0 Å². The van der Waals surface area contributed by atoms with Gasteiger partial charge in [-0.3, -0.25) is 0 Å². The van der Waals surface area contributed by atoms with Gasteiger partial charge in [-0.2, -0.15) is 0 Å². The van der Waals surface area contributed by atoms with Crippen LogP contribution in [0, 0.1) is 5.41 Å². The molecule has 2 N–H and O–H groups in total. The lowest BCUT2D eigenvalue weighted by Crippen LogP contribution is -2.43. The molecule has 2 aliphatic rings. The van der Waals surface area contributed by atoms with Gasteiger partial charge in [0, 0.05) is 12.5 Å². The minimum Gasteiger partial charge on any atom is -0.449 e. The molecule has 1 saturated carbocycles. The van der Waals surface area contributed by atoms with Crippen LogP contribution in [0.1, 0.15) is 63.0 Å². The molecule has 2 aliphatic carbocycles. The average molecular weight is 394 g/mol.